The molecule has 40 heavy (non-hydrogen) atoms. The molecule has 0 saturated heterocycles. The molecule has 0 saturated carbocycles. The van der Waals surface area contributed by atoms with Gasteiger partial charge in [0.2, 0.25) is 17.7 Å². The fraction of sp³-hybridized carbons (Fsp3) is 0.300. The summed E-state index contributed by atoms with van der Waals surface area (Å²) in [6.45, 7) is 5.93. The number of nitrogens with one attached hydrogen (secondary N) is 2. The fourth-order valence-corrected chi connectivity index (χ4v) is 4.37. The highest BCUT2D eigenvalue weighted by Crippen LogP contribution is 2.31. The average Bonchev–Trinajstić information content (AvgIpc) is 3.34. The molecule has 0 aliphatic carbocycles. The summed E-state index contributed by atoms with van der Waals surface area (Å²) in [6, 6.07) is 20.3. The van der Waals surface area contributed by atoms with Crippen LogP contribution >= 0.6 is 0 Å². The number of carbonyl (C=O) groups excluding carboxylic acids is 3. The van der Waals surface area contributed by atoms with Crippen LogP contribution in [0, 0.1) is 5.92 Å². The molecule has 4 aromatic rings. The molecule has 3 amide bonds. The van der Waals surface area contributed by atoms with Crippen LogP contribution in [-0.4, -0.2) is 46.4 Å². The number of hydrogen-bond donors (Lipinski definition) is 2. The molecule has 0 bridgehead atoms. The van der Waals surface area contributed by atoms with E-state index in [4.69, 9.17) is 4.74 Å². The maximum Gasteiger partial charge on any atom is 0.249 e. The number of benzene rings is 3. The highest BCUT2D eigenvalue weighted by atomic mass is 16.5. The van der Waals surface area contributed by atoms with E-state index in [9.17, 15) is 14.4 Å². The zero-order valence-electron chi connectivity index (χ0n) is 23.1. The molecule has 1 aromatic heterocycles. The fourth-order valence-electron chi connectivity index (χ4n) is 4.37. The minimum Gasteiger partial charge on any atom is -0.497 e. The van der Waals surface area contributed by atoms with Crippen molar-refractivity contribution in [3.8, 4) is 5.75 Å². The average molecular weight is 543 g/mol. The van der Waals surface area contributed by atoms with Gasteiger partial charge < -0.3 is 15.4 Å². The van der Waals surface area contributed by atoms with E-state index in [2.05, 4.69) is 34.8 Å². The standard InChI is InChI=1S/C30H34N6O4/c1-20(2)17-18-31-30(39)29(22-9-15-25(40-4)16-10-22)36(24-13-11-23(12-14-24)32-21(3)37)28(38)19-35-27-8-6-5-7-26(27)33-34-35/h5-16,20,29H,17-19H2,1-4H3,(H,31,39)(H,32,37)/t29-/m1/s1. The van der Waals surface area contributed by atoms with Gasteiger partial charge in [0.1, 0.15) is 23.9 Å². The van der Waals surface area contributed by atoms with Crippen molar-refractivity contribution < 1.29 is 19.1 Å². The molecule has 0 unspecified atom stereocenters. The summed E-state index contributed by atoms with van der Waals surface area (Å²) >= 11 is 0. The first-order valence-electron chi connectivity index (χ1n) is 13.2. The smallest absolute Gasteiger partial charge is 0.249 e. The minimum absolute atomic E-state index is 0.139. The lowest BCUT2D eigenvalue weighted by atomic mass is 10.0. The first-order chi connectivity index (χ1) is 19.3. The molecular formula is C30H34N6O4. The lowest BCUT2D eigenvalue weighted by molar-refractivity contribution is -0.127. The van der Waals surface area contributed by atoms with Gasteiger partial charge in [0.05, 0.1) is 12.6 Å². The molecule has 3 aromatic carbocycles. The second-order valence-corrected chi connectivity index (χ2v) is 9.88. The first kappa shape index (κ1) is 28.3. The van der Waals surface area contributed by atoms with Crippen LogP contribution in [0.2, 0.25) is 0 Å². The van der Waals surface area contributed by atoms with Crippen molar-refractivity contribution >= 4 is 40.1 Å². The Kier molecular flexibility index (Phi) is 9.11. The van der Waals surface area contributed by atoms with E-state index in [0.717, 1.165) is 6.42 Å². The zero-order valence-corrected chi connectivity index (χ0v) is 23.1. The quantitative estimate of drug-likeness (QED) is 0.291. The van der Waals surface area contributed by atoms with E-state index >= 15 is 0 Å². The predicted molar refractivity (Wildman–Crippen MR) is 154 cm³/mol. The van der Waals surface area contributed by atoms with E-state index in [1.165, 1.54) is 16.5 Å². The van der Waals surface area contributed by atoms with Gasteiger partial charge in [-0.2, -0.15) is 0 Å². The summed E-state index contributed by atoms with van der Waals surface area (Å²) in [5, 5.41) is 14.1. The molecule has 1 atom stereocenters. The van der Waals surface area contributed by atoms with E-state index in [1.807, 2.05) is 24.3 Å². The topological polar surface area (TPSA) is 118 Å². The molecular weight excluding hydrogens is 508 g/mol. The number of nitrogens with zero attached hydrogens (tertiary/aromatic N) is 4. The van der Waals surface area contributed by atoms with Gasteiger partial charge in [-0.15, -0.1) is 5.10 Å². The lowest BCUT2D eigenvalue weighted by Gasteiger charge is -2.32. The van der Waals surface area contributed by atoms with Gasteiger partial charge in [0, 0.05) is 24.8 Å². The van der Waals surface area contributed by atoms with Crippen molar-refractivity contribution in [1.29, 1.82) is 0 Å². The molecule has 208 valence electrons. The summed E-state index contributed by atoms with van der Waals surface area (Å²) in [4.78, 5) is 40.9. The third-order valence-corrected chi connectivity index (χ3v) is 6.40. The molecule has 0 aliphatic rings. The van der Waals surface area contributed by atoms with Crippen molar-refractivity contribution in [3.05, 3.63) is 78.4 Å². The van der Waals surface area contributed by atoms with Crippen LogP contribution in [0.15, 0.2) is 72.8 Å². The lowest BCUT2D eigenvalue weighted by Crippen LogP contribution is -2.45. The van der Waals surface area contributed by atoms with Crippen molar-refractivity contribution in [2.45, 2.75) is 39.8 Å². The normalized spacial score (nSPS) is 11.7. The molecule has 10 heteroatoms. The molecule has 1 heterocycles. The van der Waals surface area contributed by atoms with Gasteiger partial charge in [0.15, 0.2) is 0 Å². The molecule has 0 fully saturated rings. The van der Waals surface area contributed by atoms with Crippen molar-refractivity contribution in [3.63, 3.8) is 0 Å². The Morgan fingerprint density at radius 3 is 2.33 bits per heavy atom. The molecule has 4 rings (SSSR count). The first-order valence-corrected chi connectivity index (χ1v) is 13.2. The van der Waals surface area contributed by atoms with Gasteiger partial charge >= 0.3 is 0 Å². The summed E-state index contributed by atoms with van der Waals surface area (Å²) < 4.78 is 6.84. The van der Waals surface area contributed by atoms with Crippen LogP contribution < -0.4 is 20.3 Å². The number of para-hydroxylation sites is 1. The van der Waals surface area contributed by atoms with Gasteiger partial charge in [-0.1, -0.05) is 43.3 Å². The summed E-state index contributed by atoms with van der Waals surface area (Å²) in [5.41, 5.74) is 3.06. The number of ether oxygens (including phenoxy) is 1. The van der Waals surface area contributed by atoms with Gasteiger partial charge in [-0.25, -0.2) is 4.68 Å². The number of anilines is 2. The third-order valence-electron chi connectivity index (χ3n) is 6.40. The van der Waals surface area contributed by atoms with Crippen molar-refractivity contribution in [2.24, 2.45) is 5.92 Å². The van der Waals surface area contributed by atoms with E-state index in [-0.39, 0.29) is 24.3 Å². The Bertz CT molecular complexity index is 1460. The number of methoxy groups -OCH3 is 1. The monoisotopic (exact) mass is 542 g/mol. The molecule has 0 aliphatic heterocycles. The van der Waals surface area contributed by atoms with Crippen LogP contribution in [0.3, 0.4) is 0 Å². The van der Waals surface area contributed by atoms with Gasteiger partial charge in [-0.3, -0.25) is 19.3 Å². The van der Waals surface area contributed by atoms with Crippen LogP contribution in [0.25, 0.3) is 11.0 Å². The maximum atomic E-state index is 14.1. The Hall–Kier alpha value is -4.73. The highest BCUT2D eigenvalue weighted by Gasteiger charge is 2.33. The second-order valence-electron chi connectivity index (χ2n) is 9.88. The molecule has 0 radical (unpaired) electrons. The summed E-state index contributed by atoms with van der Waals surface area (Å²) in [5.74, 6) is 0.157. The van der Waals surface area contributed by atoms with Gasteiger partial charge in [0.25, 0.3) is 0 Å². The minimum atomic E-state index is -0.980. The van der Waals surface area contributed by atoms with Gasteiger partial charge in [-0.05, 0) is 66.4 Å². The summed E-state index contributed by atoms with van der Waals surface area (Å²) in [7, 11) is 1.57. The summed E-state index contributed by atoms with van der Waals surface area (Å²) in [6.07, 6.45) is 0.797. The zero-order chi connectivity index (χ0) is 28.6. The van der Waals surface area contributed by atoms with Crippen LogP contribution in [0.5, 0.6) is 5.75 Å². The van der Waals surface area contributed by atoms with E-state index < -0.39 is 6.04 Å². The number of hydrogen-bond acceptors (Lipinski definition) is 6. The Morgan fingerprint density at radius 2 is 1.68 bits per heavy atom. The predicted octanol–water partition coefficient (Wildman–Crippen LogP) is 4.34. The molecule has 2 N–H and O–H groups in total. The highest BCUT2D eigenvalue weighted by molar-refractivity contribution is 6.02. The third kappa shape index (κ3) is 6.82. The number of rotatable bonds is 11. The SMILES string of the molecule is COc1ccc([C@H](C(=O)NCCC(C)C)N(C(=O)Cn2nnc3ccccc32)c2ccc(NC(C)=O)cc2)cc1. The van der Waals surface area contributed by atoms with E-state index in [0.29, 0.717) is 46.2 Å². The second kappa shape index (κ2) is 12.9. The van der Waals surface area contributed by atoms with E-state index in [1.54, 1.807) is 55.6 Å². The molecule has 10 nitrogen and oxygen atoms in total. The maximum absolute atomic E-state index is 14.1. The Balaban J connectivity index is 1.77. The number of aromatic nitrogens is 3. The number of amides is 3. The van der Waals surface area contributed by atoms with Crippen molar-refractivity contribution in [1.82, 2.24) is 20.3 Å². The Labute approximate surface area is 233 Å². The van der Waals surface area contributed by atoms with Crippen molar-refractivity contribution in [2.75, 3.05) is 23.9 Å². The van der Waals surface area contributed by atoms with Crippen LogP contribution in [0.4, 0.5) is 11.4 Å². The largest absolute Gasteiger partial charge is 0.497 e. The van der Waals surface area contributed by atoms with Crippen LogP contribution in [0.1, 0.15) is 38.8 Å². The molecule has 0 spiro atoms. The number of fused-ring (bicyclic) bond motifs is 1. The number of carbonyl (C=O) groups is 3. The van der Waals surface area contributed by atoms with Crippen LogP contribution in [-0.2, 0) is 20.9 Å². The Morgan fingerprint density at radius 1 is 0.975 bits per heavy atom.